The average molecular weight is 125 g/mol. The molecule has 2 heterocycles. The van der Waals surface area contributed by atoms with Crippen molar-refractivity contribution in [3.05, 3.63) is 6.54 Å². The minimum atomic E-state index is 0.554. The predicted molar refractivity (Wildman–Crippen MR) is 36.8 cm³/mol. The van der Waals surface area contributed by atoms with Crippen molar-refractivity contribution >= 4 is 0 Å². The zero-order valence-corrected chi connectivity index (χ0v) is 5.61. The van der Waals surface area contributed by atoms with E-state index in [-0.39, 0.29) is 0 Å². The fraction of sp³-hybridized carbons (Fsp3) is 0.857. The quantitative estimate of drug-likeness (QED) is 0.480. The Balaban J connectivity index is 1.93. The van der Waals surface area contributed by atoms with Gasteiger partial charge in [0.2, 0.25) is 0 Å². The van der Waals surface area contributed by atoms with E-state index in [1.54, 1.807) is 0 Å². The Morgan fingerprint density at radius 2 is 2.22 bits per heavy atom. The SMILES string of the molecule is [CH]1NCC12CCCNC2. The second-order valence-electron chi connectivity index (χ2n) is 3.17. The number of rotatable bonds is 0. The highest BCUT2D eigenvalue weighted by Crippen LogP contribution is 2.32. The summed E-state index contributed by atoms with van der Waals surface area (Å²) in [6.07, 6.45) is 2.73. The molecule has 0 aromatic carbocycles. The molecule has 0 bridgehead atoms. The van der Waals surface area contributed by atoms with E-state index in [4.69, 9.17) is 0 Å². The van der Waals surface area contributed by atoms with Crippen LogP contribution >= 0.6 is 0 Å². The highest BCUT2D eigenvalue weighted by molar-refractivity contribution is 5.04. The Labute approximate surface area is 56.0 Å². The topological polar surface area (TPSA) is 24.1 Å². The molecule has 0 saturated carbocycles. The van der Waals surface area contributed by atoms with Crippen LogP contribution in [0.15, 0.2) is 0 Å². The third-order valence-corrected chi connectivity index (χ3v) is 2.37. The first kappa shape index (κ1) is 5.69. The maximum absolute atomic E-state index is 3.41. The summed E-state index contributed by atoms with van der Waals surface area (Å²) < 4.78 is 0. The smallest absolute Gasteiger partial charge is 0.0308 e. The number of nitrogens with one attached hydrogen (secondary N) is 2. The van der Waals surface area contributed by atoms with Crippen molar-refractivity contribution in [3.63, 3.8) is 0 Å². The van der Waals surface area contributed by atoms with Crippen molar-refractivity contribution < 1.29 is 0 Å². The van der Waals surface area contributed by atoms with E-state index in [9.17, 15) is 0 Å². The van der Waals surface area contributed by atoms with Gasteiger partial charge in [0.1, 0.15) is 0 Å². The molecular formula is C7H13N2. The van der Waals surface area contributed by atoms with Crippen molar-refractivity contribution in [1.29, 1.82) is 0 Å². The Kier molecular flexibility index (Phi) is 1.24. The van der Waals surface area contributed by atoms with Crippen LogP contribution in [0, 0.1) is 12.0 Å². The fourth-order valence-electron chi connectivity index (χ4n) is 1.66. The summed E-state index contributed by atoms with van der Waals surface area (Å²) in [5.74, 6) is 0. The number of hydrogen-bond donors (Lipinski definition) is 2. The van der Waals surface area contributed by atoms with Crippen molar-refractivity contribution in [2.45, 2.75) is 12.8 Å². The predicted octanol–water partition coefficient (Wildman–Crippen LogP) is 0.121. The highest BCUT2D eigenvalue weighted by atomic mass is 15.0. The molecule has 2 saturated heterocycles. The molecule has 2 aliphatic heterocycles. The Hall–Kier alpha value is -0.0800. The van der Waals surface area contributed by atoms with Crippen LogP contribution in [-0.4, -0.2) is 19.6 Å². The summed E-state index contributed by atoms with van der Waals surface area (Å²) in [5.41, 5.74) is 0.554. The standard InChI is InChI=1S/C7H13N2/c1-2-7(4-8-3-1)5-9-6-7/h5,8-9H,1-4,6H2. The summed E-state index contributed by atoms with van der Waals surface area (Å²) >= 11 is 0. The third kappa shape index (κ3) is 0.864. The molecule has 2 aliphatic rings. The van der Waals surface area contributed by atoms with E-state index >= 15 is 0 Å². The first-order valence-electron chi connectivity index (χ1n) is 3.70. The average Bonchev–Trinajstić information content (AvgIpc) is 1.87. The van der Waals surface area contributed by atoms with E-state index < -0.39 is 0 Å². The maximum Gasteiger partial charge on any atom is 0.0308 e. The van der Waals surface area contributed by atoms with Gasteiger partial charge in [-0.25, -0.2) is 0 Å². The Morgan fingerprint density at radius 3 is 2.56 bits per heavy atom. The van der Waals surface area contributed by atoms with Gasteiger partial charge in [0, 0.05) is 25.0 Å². The summed E-state index contributed by atoms with van der Waals surface area (Å²) in [5, 5.41) is 6.61. The molecule has 0 amide bonds. The zero-order chi connectivity index (χ0) is 6.16. The van der Waals surface area contributed by atoms with Crippen LogP contribution in [0.1, 0.15) is 12.8 Å². The summed E-state index contributed by atoms with van der Waals surface area (Å²) in [4.78, 5) is 0. The third-order valence-electron chi connectivity index (χ3n) is 2.37. The second-order valence-corrected chi connectivity index (χ2v) is 3.17. The van der Waals surface area contributed by atoms with Crippen molar-refractivity contribution in [2.75, 3.05) is 19.6 Å². The van der Waals surface area contributed by atoms with Gasteiger partial charge in [-0.15, -0.1) is 0 Å². The Morgan fingerprint density at radius 1 is 1.33 bits per heavy atom. The molecular weight excluding hydrogens is 112 g/mol. The molecule has 9 heavy (non-hydrogen) atoms. The van der Waals surface area contributed by atoms with Crippen molar-refractivity contribution in [3.8, 4) is 0 Å². The number of hydrogen-bond acceptors (Lipinski definition) is 2. The van der Waals surface area contributed by atoms with Gasteiger partial charge < -0.3 is 10.6 Å². The zero-order valence-electron chi connectivity index (χ0n) is 5.61. The molecule has 1 spiro atoms. The lowest BCUT2D eigenvalue weighted by atomic mass is 9.76. The van der Waals surface area contributed by atoms with Crippen LogP contribution in [0.4, 0.5) is 0 Å². The normalized spacial score (nSPS) is 32.0. The van der Waals surface area contributed by atoms with Gasteiger partial charge in [0.15, 0.2) is 0 Å². The van der Waals surface area contributed by atoms with E-state index in [0.29, 0.717) is 5.41 Å². The van der Waals surface area contributed by atoms with Crippen molar-refractivity contribution in [1.82, 2.24) is 10.6 Å². The molecule has 0 aliphatic carbocycles. The second kappa shape index (κ2) is 1.96. The molecule has 2 N–H and O–H groups in total. The first-order valence-corrected chi connectivity index (χ1v) is 3.70. The lowest BCUT2D eigenvalue weighted by molar-refractivity contribution is 0.172. The molecule has 0 aromatic heterocycles. The van der Waals surface area contributed by atoms with E-state index in [1.165, 1.54) is 32.5 Å². The number of piperidine rings is 1. The minimum Gasteiger partial charge on any atom is -0.316 e. The van der Waals surface area contributed by atoms with Crippen LogP contribution in [0.5, 0.6) is 0 Å². The Bertz CT molecular complexity index is 99.5. The van der Waals surface area contributed by atoms with Crippen LogP contribution in [0.2, 0.25) is 0 Å². The van der Waals surface area contributed by atoms with E-state index in [0.717, 1.165) is 0 Å². The van der Waals surface area contributed by atoms with Gasteiger partial charge >= 0.3 is 0 Å². The molecule has 51 valence electrons. The summed E-state index contributed by atoms with van der Waals surface area (Å²) in [7, 11) is 0. The lowest BCUT2D eigenvalue weighted by Crippen LogP contribution is -2.56. The van der Waals surface area contributed by atoms with Crippen LogP contribution < -0.4 is 10.6 Å². The van der Waals surface area contributed by atoms with Crippen molar-refractivity contribution in [2.24, 2.45) is 5.41 Å². The van der Waals surface area contributed by atoms with Gasteiger partial charge in [0.25, 0.3) is 0 Å². The van der Waals surface area contributed by atoms with Crippen LogP contribution in [-0.2, 0) is 0 Å². The largest absolute Gasteiger partial charge is 0.316 e. The molecule has 2 heteroatoms. The van der Waals surface area contributed by atoms with E-state index in [2.05, 4.69) is 17.2 Å². The van der Waals surface area contributed by atoms with Gasteiger partial charge in [-0.2, -0.15) is 0 Å². The first-order chi connectivity index (χ1) is 4.41. The van der Waals surface area contributed by atoms with Gasteiger partial charge in [-0.3, -0.25) is 0 Å². The molecule has 2 rings (SSSR count). The lowest BCUT2D eigenvalue weighted by Gasteiger charge is -2.45. The minimum absolute atomic E-state index is 0.554. The maximum atomic E-state index is 3.41. The van der Waals surface area contributed by atoms with Gasteiger partial charge in [0.05, 0.1) is 0 Å². The fourth-order valence-corrected chi connectivity index (χ4v) is 1.66. The molecule has 1 radical (unpaired) electrons. The van der Waals surface area contributed by atoms with Crippen LogP contribution in [0.3, 0.4) is 0 Å². The van der Waals surface area contributed by atoms with Gasteiger partial charge in [-0.1, -0.05) is 0 Å². The molecule has 0 aromatic rings. The van der Waals surface area contributed by atoms with Crippen LogP contribution in [0.25, 0.3) is 0 Å². The summed E-state index contributed by atoms with van der Waals surface area (Å²) in [6, 6.07) is 0. The highest BCUT2D eigenvalue weighted by Gasteiger charge is 2.37. The summed E-state index contributed by atoms with van der Waals surface area (Å²) in [6.45, 7) is 5.86. The molecule has 1 atom stereocenters. The molecule has 1 unspecified atom stereocenters. The van der Waals surface area contributed by atoms with E-state index in [1.807, 2.05) is 0 Å². The van der Waals surface area contributed by atoms with Gasteiger partial charge in [-0.05, 0) is 19.4 Å². The molecule has 2 fully saturated rings. The monoisotopic (exact) mass is 125 g/mol. The molecule has 2 nitrogen and oxygen atoms in total.